The van der Waals surface area contributed by atoms with Crippen molar-refractivity contribution in [2.45, 2.75) is 57.8 Å². The lowest BCUT2D eigenvalue weighted by atomic mass is 10.1. The smallest absolute Gasteiger partial charge is 0.0764 e. The summed E-state index contributed by atoms with van der Waals surface area (Å²) in [5, 5.41) is 8.38. The Hall–Kier alpha value is -0.870. The molecule has 1 N–H and O–H groups in total. The van der Waals surface area contributed by atoms with Gasteiger partial charge in [0.1, 0.15) is 0 Å². The van der Waals surface area contributed by atoms with Crippen molar-refractivity contribution < 1.29 is 0 Å². The summed E-state index contributed by atoms with van der Waals surface area (Å²) in [6, 6.07) is 4.11. The second kappa shape index (κ2) is 5.02. The van der Waals surface area contributed by atoms with Crippen molar-refractivity contribution in [3.05, 3.63) is 18.0 Å². The third-order valence-electron chi connectivity index (χ3n) is 4.19. The van der Waals surface area contributed by atoms with Gasteiger partial charge in [-0.15, -0.1) is 0 Å². The van der Waals surface area contributed by atoms with Gasteiger partial charge in [-0.05, 0) is 39.2 Å². The van der Waals surface area contributed by atoms with E-state index in [0.29, 0.717) is 12.1 Å². The predicted molar refractivity (Wildman–Crippen MR) is 72.5 cm³/mol. The van der Waals surface area contributed by atoms with E-state index in [0.717, 1.165) is 12.6 Å². The van der Waals surface area contributed by atoms with Gasteiger partial charge in [-0.3, -0.25) is 9.58 Å². The molecule has 4 heteroatoms. The first-order valence-electron chi connectivity index (χ1n) is 7.23. The van der Waals surface area contributed by atoms with Crippen LogP contribution in [0.5, 0.6) is 0 Å². The van der Waals surface area contributed by atoms with Gasteiger partial charge >= 0.3 is 0 Å². The van der Waals surface area contributed by atoms with Crippen LogP contribution >= 0.6 is 0 Å². The summed E-state index contributed by atoms with van der Waals surface area (Å²) in [4.78, 5) is 2.56. The van der Waals surface area contributed by atoms with Crippen LogP contribution in [0.3, 0.4) is 0 Å². The van der Waals surface area contributed by atoms with Gasteiger partial charge in [0.2, 0.25) is 0 Å². The second-order valence-electron chi connectivity index (χ2n) is 6.04. The Balaban J connectivity index is 1.61. The first-order chi connectivity index (χ1) is 8.70. The van der Waals surface area contributed by atoms with Gasteiger partial charge in [-0.1, -0.05) is 0 Å². The van der Waals surface area contributed by atoms with Crippen LogP contribution in [-0.2, 0) is 6.54 Å². The summed E-state index contributed by atoms with van der Waals surface area (Å²) < 4.78 is 2.05. The third kappa shape index (κ3) is 2.59. The normalized spacial score (nSPS) is 28.8. The second-order valence-corrected chi connectivity index (χ2v) is 6.04. The van der Waals surface area contributed by atoms with Gasteiger partial charge in [0.25, 0.3) is 0 Å². The Morgan fingerprint density at radius 2 is 2.17 bits per heavy atom. The molecule has 3 rings (SSSR count). The molecule has 0 amide bonds. The van der Waals surface area contributed by atoms with E-state index in [2.05, 4.69) is 46.1 Å². The van der Waals surface area contributed by atoms with Crippen molar-refractivity contribution in [1.82, 2.24) is 20.0 Å². The Bertz CT molecular complexity index is 398. The van der Waals surface area contributed by atoms with Crippen LogP contribution in [0.15, 0.2) is 12.3 Å². The molecule has 3 heterocycles. The molecule has 2 saturated heterocycles. The van der Waals surface area contributed by atoms with E-state index in [4.69, 9.17) is 0 Å². The van der Waals surface area contributed by atoms with Crippen molar-refractivity contribution in [2.75, 3.05) is 13.1 Å². The average Bonchev–Trinajstić information content (AvgIpc) is 2.89. The lowest BCUT2D eigenvalue weighted by molar-refractivity contribution is 0.247. The van der Waals surface area contributed by atoms with Crippen molar-refractivity contribution in [3.63, 3.8) is 0 Å². The van der Waals surface area contributed by atoms with E-state index in [1.165, 1.54) is 38.0 Å². The van der Waals surface area contributed by atoms with Gasteiger partial charge in [0.05, 0.1) is 5.69 Å². The molecule has 0 aromatic carbocycles. The van der Waals surface area contributed by atoms with Gasteiger partial charge in [0.15, 0.2) is 0 Å². The third-order valence-corrected chi connectivity index (χ3v) is 4.19. The first kappa shape index (κ1) is 12.2. The number of nitrogens with one attached hydrogen (secondary N) is 1. The number of likely N-dealkylation sites (tertiary alicyclic amines) is 1. The van der Waals surface area contributed by atoms with E-state index in [1.54, 1.807) is 0 Å². The Morgan fingerprint density at radius 3 is 2.94 bits per heavy atom. The first-order valence-corrected chi connectivity index (χ1v) is 7.23. The van der Waals surface area contributed by atoms with Gasteiger partial charge in [-0.2, -0.15) is 5.10 Å². The van der Waals surface area contributed by atoms with E-state index in [9.17, 15) is 0 Å². The summed E-state index contributed by atoms with van der Waals surface area (Å²) in [6.45, 7) is 7.75. The van der Waals surface area contributed by atoms with Crippen molar-refractivity contribution in [2.24, 2.45) is 0 Å². The number of hydrogen-bond donors (Lipinski definition) is 1. The molecule has 1 aromatic heterocycles. The van der Waals surface area contributed by atoms with Crippen LogP contribution < -0.4 is 5.32 Å². The van der Waals surface area contributed by atoms with E-state index in [-0.39, 0.29) is 0 Å². The number of hydrogen-bond acceptors (Lipinski definition) is 3. The summed E-state index contributed by atoms with van der Waals surface area (Å²) in [5.74, 6) is 0. The fraction of sp³-hybridized carbons (Fsp3) is 0.786. The molecule has 1 aromatic rings. The minimum Gasteiger partial charge on any atom is -0.310 e. The van der Waals surface area contributed by atoms with Crippen LogP contribution in [0, 0.1) is 0 Å². The van der Waals surface area contributed by atoms with Crippen LogP contribution in [0.2, 0.25) is 0 Å². The van der Waals surface area contributed by atoms with Crippen LogP contribution in [0.1, 0.15) is 44.8 Å². The van der Waals surface area contributed by atoms with Crippen molar-refractivity contribution in [3.8, 4) is 0 Å². The molecule has 0 aliphatic carbocycles. The zero-order chi connectivity index (χ0) is 12.5. The number of fused-ring (bicyclic) bond motifs is 2. The topological polar surface area (TPSA) is 33.1 Å². The quantitative estimate of drug-likeness (QED) is 0.885. The highest BCUT2D eigenvalue weighted by Gasteiger charge is 2.29. The Labute approximate surface area is 109 Å². The van der Waals surface area contributed by atoms with Crippen LogP contribution in [-0.4, -0.2) is 39.9 Å². The van der Waals surface area contributed by atoms with E-state index in [1.807, 2.05) is 0 Å². The number of rotatable bonds is 3. The highest BCUT2D eigenvalue weighted by molar-refractivity contribution is 5.00. The number of aromatic nitrogens is 2. The molecular formula is C14H24N4. The minimum atomic E-state index is 0.459. The molecule has 0 radical (unpaired) electrons. The van der Waals surface area contributed by atoms with E-state index < -0.39 is 0 Å². The molecule has 2 unspecified atom stereocenters. The maximum absolute atomic E-state index is 4.65. The fourth-order valence-corrected chi connectivity index (χ4v) is 3.14. The van der Waals surface area contributed by atoms with Crippen LogP contribution in [0.4, 0.5) is 0 Å². The highest BCUT2D eigenvalue weighted by atomic mass is 15.3. The maximum Gasteiger partial charge on any atom is 0.0764 e. The largest absolute Gasteiger partial charge is 0.310 e. The fourth-order valence-electron chi connectivity index (χ4n) is 3.14. The minimum absolute atomic E-state index is 0.459. The summed E-state index contributed by atoms with van der Waals surface area (Å²) in [5.41, 5.74) is 1.21. The monoisotopic (exact) mass is 248 g/mol. The molecule has 100 valence electrons. The molecular weight excluding hydrogens is 224 g/mol. The van der Waals surface area contributed by atoms with E-state index >= 15 is 0 Å². The molecule has 2 fully saturated rings. The molecule has 18 heavy (non-hydrogen) atoms. The molecule has 2 bridgehead atoms. The Morgan fingerprint density at radius 1 is 1.33 bits per heavy atom. The molecule has 0 spiro atoms. The molecule has 4 nitrogen and oxygen atoms in total. The molecule has 2 aliphatic heterocycles. The Kier molecular flexibility index (Phi) is 3.39. The van der Waals surface area contributed by atoms with Gasteiger partial charge in [-0.25, -0.2) is 0 Å². The average molecular weight is 248 g/mol. The molecule has 2 aliphatic rings. The van der Waals surface area contributed by atoms with Gasteiger partial charge in [0, 0.05) is 44.0 Å². The standard InChI is InChI=1S/C14H24N4/c1-11(2)18-8-6-14(16-18)10-17-7-5-12-3-4-13(9-17)15-12/h6,8,11-13,15H,3-5,7,9-10H2,1-2H3. The summed E-state index contributed by atoms with van der Waals surface area (Å²) in [7, 11) is 0. The zero-order valence-electron chi connectivity index (χ0n) is 11.5. The zero-order valence-corrected chi connectivity index (χ0v) is 11.5. The lowest BCUT2D eigenvalue weighted by Gasteiger charge is -2.22. The summed E-state index contributed by atoms with van der Waals surface area (Å²) >= 11 is 0. The summed E-state index contributed by atoms with van der Waals surface area (Å²) in [6.07, 6.45) is 6.12. The van der Waals surface area contributed by atoms with Crippen molar-refractivity contribution in [1.29, 1.82) is 0 Å². The SMILES string of the molecule is CC(C)n1ccc(CN2CCC3CCC(C2)N3)n1. The molecule has 2 atom stereocenters. The van der Waals surface area contributed by atoms with Crippen LogP contribution in [0.25, 0.3) is 0 Å². The van der Waals surface area contributed by atoms with Gasteiger partial charge < -0.3 is 5.32 Å². The molecule has 0 saturated carbocycles. The lowest BCUT2D eigenvalue weighted by Crippen LogP contribution is -2.35. The predicted octanol–water partition coefficient (Wildman–Crippen LogP) is 1.79. The highest BCUT2D eigenvalue weighted by Crippen LogP contribution is 2.21. The van der Waals surface area contributed by atoms with Crippen molar-refractivity contribution >= 4 is 0 Å². The maximum atomic E-state index is 4.65. The number of nitrogens with zero attached hydrogens (tertiary/aromatic N) is 3.